The molecule has 0 unspecified atom stereocenters. The largest absolute Gasteiger partial charge is 0.479 e. The molecule has 0 bridgehead atoms. The van der Waals surface area contributed by atoms with E-state index in [1.807, 2.05) is 48.5 Å². The van der Waals surface area contributed by atoms with Crippen molar-refractivity contribution in [2.75, 3.05) is 6.61 Å². The number of carboxylic acids is 1. The van der Waals surface area contributed by atoms with E-state index in [9.17, 15) is 19.8 Å². The number of carbonyl (C=O) groups excluding carboxylic acids is 1. The van der Waals surface area contributed by atoms with E-state index in [2.05, 4.69) is 5.32 Å². The second kappa shape index (κ2) is 9.20. The van der Waals surface area contributed by atoms with Crippen LogP contribution in [0.15, 0.2) is 66.7 Å². The summed E-state index contributed by atoms with van der Waals surface area (Å²) in [5, 5.41) is 22.1. The highest BCUT2D eigenvalue weighted by Gasteiger charge is 2.33. The van der Waals surface area contributed by atoms with Crippen molar-refractivity contribution in [1.82, 2.24) is 5.32 Å². The minimum Gasteiger partial charge on any atom is -0.479 e. The highest BCUT2D eigenvalue weighted by atomic mass is 35.5. The van der Waals surface area contributed by atoms with Gasteiger partial charge in [-0.15, -0.1) is 0 Å². The fourth-order valence-corrected chi connectivity index (χ4v) is 4.42. The Morgan fingerprint density at radius 2 is 1.53 bits per heavy atom. The van der Waals surface area contributed by atoms with Crippen LogP contribution >= 0.6 is 23.2 Å². The maximum atomic E-state index is 12.6. The van der Waals surface area contributed by atoms with Crippen LogP contribution in [0.1, 0.15) is 28.7 Å². The molecule has 1 aliphatic carbocycles. The van der Waals surface area contributed by atoms with E-state index in [0.717, 1.165) is 22.3 Å². The third kappa shape index (κ3) is 4.17. The Kier molecular flexibility index (Phi) is 6.37. The molecule has 0 saturated heterocycles. The lowest BCUT2D eigenvalue weighted by molar-refractivity contribution is -0.148. The zero-order chi connectivity index (χ0) is 22.8. The summed E-state index contributed by atoms with van der Waals surface area (Å²) in [7, 11) is 0. The second-order valence-electron chi connectivity index (χ2n) is 7.37. The lowest BCUT2D eigenvalue weighted by Gasteiger charge is -2.23. The fourth-order valence-electron chi connectivity index (χ4n) is 4.00. The lowest BCUT2D eigenvalue weighted by Crippen LogP contribution is -2.41. The van der Waals surface area contributed by atoms with Crippen LogP contribution in [0.5, 0.6) is 0 Å². The summed E-state index contributed by atoms with van der Waals surface area (Å²) in [4.78, 5) is 24.0. The van der Waals surface area contributed by atoms with Crippen LogP contribution < -0.4 is 5.32 Å². The number of rotatable bonds is 6. The summed E-state index contributed by atoms with van der Waals surface area (Å²) < 4.78 is 5.46. The molecule has 6 nitrogen and oxygen atoms in total. The molecule has 2 atom stereocenters. The second-order valence-corrected chi connectivity index (χ2v) is 8.16. The number of benzene rings is 3. The van der Waals surface area contributed by atoms with Crippen molar-refractivity contribution in [3.8, 4) is 11.1 Å². The van der Waals surface area contributed by atoms with Crippen molar-refractivity contribution in [2.24, 2.45) is 0 Å². The Morgan fingerprint density at radius 1 is 0.938 bits per heavy atom. The summed E-state index contributed by atoms with van der Waals surface area (Å²) in [5.74, 6) is -1.68. The summed E-state index contributed by atoms with van der Waals surface area (Å²) >= 11 is 12.2. The molecule has 3 aromatic rings. The predicted molar refractivity (Wildman–Crippen MR) is 121 cm³/mol. The molecule has 0 heterocycles. The molecular weight excluding hydrogens is 453 g/mol. The van der Waals surface area contributed by atoms with Gasteiger partial charge in [-0.2, -0.15) is 0 Å². The van der Waals surface area contributed by atoms with Gasteiger partial charge in [0, 0.05) is 5.92 Å². The van der Waals surface area contributed by atoms with Gasteiger partial charge >= 0.3 is 12.1 Å². The lowest BCUT2D eigenvalue weighted by atomic mass is 9.98. The van der Waals surface area contributed by atoms with Gasteiger partial charge in [-0.3, -0.25) is 0 Å². The molecule has 32 heavy (non-hydrogen) atoms. The molecule has 1 amide bonds. The number of alkyl carbamates (subject to hydrolysis) is 1. The Balaban J connectivity index is 1.53. The third-order valence-corrected chi connectivity index (χ3v) is 6.34. The molecule has 0 aromatic heterocycles. The number of carbonyl (C=O) groups is 2. The molecule has 0 saturated carbocycles. The number of halogens is 2. The number of hydrogen-bond donors (Lipinski definition) is 3. The number of carboxylic acid groups (broad SMARTS) is 1. The van der Waals surface area contributed by atoms with Crippen LogP contribution in [0, 0.1) is 0 Å². The maximum absolute atomic E-state index is 12.6. The topological polar surface area (TPSA) is 95.9 Å². The molecule has 3 aromatic carbocycles. The molecule has 3 N–H and O–H groups in total. The van der Waals surface area contributed by atoms with E-state index >= 15 is 0 Å². The average Bonchev–Trinajstić information content (AvgIpc) is 3.11. The number of amides is 1. The number of aliphatic carboxylic acids is 1. The fraction of sp³-hybridized carbons (Fsp3) is 0.167. The van der Waals surface area contributed by atoms with Gasteiger partial charge in [0.05, 0.1) is 16.1 Å². The van der Waals surface area contributed by atoms with Gasteiger partial charge < -0.3 is 20.3 Å². The first-order valence-corrected chi connectivity index (χ1v) is 10.6. The van der Waals surface area contributed by atoms with Gasteiger partial charge in [-0.25, -0.2) is 9.59 Å². The number of fused-ring (bicyclic) bond motifs is 3. The van der Waals surface area contributed by atoms with E-state index in [4.69, 9.17) is 27.9 Å². The van der Waals surface area contributed by atoms with Crippen LogP contribution in [-0.4, -0.2) is 35.0 Å². The van der Waals surface area contributed by atoms with Gasteiger partial charge in [0.2, 0.25) is 0 Å². The van der Waals surface area contributed by atoms with Crippen LogP contribution in [-0.2, 0) is 9.53 Å². The molecule has 1 aliphatic rings. The number of nitrogens with one attached hydrogen (secondary N) is 1. The van der Waals surface area contributed by atoms with Gasteiger partial charge in [-0.1, -0.05) is 83.9 Å². The molecule has 0 fully saturated rings. The zero-order valence-corrected chi connectivity index (χ0v) is 18.2. The normalized spacial score (nSPS) is 14.2. The van der Waals surface area contributed by atoms with E-state index in [0.29, 0.717) is 0 Å². The maximum Gasteiger partial charge on any atom is 0.407 e. The first-order chi connectivity index (χ1) is 15.4. The van der Waals surface area contributed by atoms with Crippen LogP contribution in [0.25, 0.3) is 11.1 Å². The standard InChI is InChI=1S/C24H19Cl2NO5/c25-19-11-5-10-17(20(19)26)21(22(28)23(29)30)27-24(31)32-12-18-15-8-3-1-6-13(15)14-7-2-4-9-16(14)18/h1-11,18,21-22,28H,12H2,(H,27,31)(H,29,30)/t21-,22-/m0/s1. The highest BCUT2D eigenvalue weighted by molar-refractivity contribution is 6.42. The Hall–Kier alpha value is -3.06. The average molecular weight is 472 g/mol. The van der Waals surface area contributed by atoms with E-state index in [1.54, 1.807) is 6.07 Å². The number of ether oxygens (including phenoxy) is 1. The Labute approximate surface area is 194 Å². The van der Waals surface area contributed by atoms with Crippen LogP contribution in [0.3, 0.4) is 0 Å². The van der Waals surface area contributed by atoms with Crippen LogP contribution in [0.2, 0.25) is 10.0 Å². The van der Waals surface area contributed by atoms with Crippen molar-refractivity contribution in [3.63, 3.8) is 0 Å². The van der Waals surface area contributed by atoms with Gasteiger partial charge in [0.25, 0.3) is 0 Å². The molecular formula is C24H19Cl2NO5. The molecule has 8 heteroatoms. The molecule has 0 spiro atoms. The summed E-state index contributed by atoms with van der Waals surface area (Å²) in [6, 6.07) is 19.0. The molecule has 0 radical (unpaired) electrons. The zero-order valence-electron chi connectivity index (χ0n) is 16.7. The summed E-state index contributed by atoms with van der Waals surface area (Å²) in [5.41, 5.74) is 4.43. The molecule has 0 aliphatic heterocycles. The minimum absolute atomic E-state index is 0.0402. The number of aliphatic hydroxyl groups is 1. The smallest absolute Gasteiger partial charge is 0.407 e. The SMILES string of the molecule is O=C(N[C@@H](c1cccc(Cl)c1Cl)[C@H](O)C(=O)O)OCC1c2ccccc2-c2ccccc21. The molecule has 4 rings (SSSR count). The van der Waals surface area contributed by atoms with Crippen molar-refractivity contribution in [3.05, 3.63) is 93.5 Å². The number of hydrogen-bond acceptors (Lipinski definition) is 4. The van der Waals surface area contributed by atoms with Gasteiger partial charge in [-0.05, 0) is 33.9 Å². The number of aliphatic hydroxyl groups excluding tert-OH is 1. The molecule has 164 valence electrons. The highest BCUT2D eigenvalue weighted by Crippen LogP contribution is 2.44. The van der Waals surface area contributed by atoms with Crippen molar-refractivity contribution >= 4 is 35.3 Å². The van der Waals surface area contributed by atoms with E-state index < -0.39 is 24.2 Å². The quantitative estimate of drug-likeness (QED) is 0.469. The van der Waals surface area contributed by atoms with Crippen LogP contribution in [0.4, 0.5) is 4.79 Å². The minimum atomic E-state index is -1.95. The summed E-state index contributed by atoms with van der Waals surface area (Å²) in [6.07, 6.45) is -2.83. The first-order valence-electron chi connectivity index (χ1n) is 9.84. The Bertz CT molecular complexity index is 1140. The summed E-state index contributed by atoms with van der Waals surface area (Å²) in [6.45, 7) is 0.0407. The first kappa shape index (κ1) is 22.1. The third-order valence-electron chi connectivity index (χ3n) is 5.50. The predicted octanol–water partition coefficient (Wildman–Crippen LogP) is 5.02. The Morgan fingerprint density at radius 3 is 2.12 bits per heavy atom. The van der Waals surface area contributed by atoms with Crippen molar-refractivity contribution in [1.29, 1.82) is 0 Å². The van der Waals surface area contributed by atoms with Gasteiger partial charge in [0.1, 0.15) is 6.61 Å². The monoisotopic (exact) mass is 471 g/mol. The van der Waals surface area contributed by atoms with Crippen molar-refractivity contribution < 1.29 is 24.5 Å². The van der Waals surface area contributed by atoms with E-state index in [1.165, 1.54) is 12.1 Å². The van der Waals surface area contributed by atoms with E-state index in [-0.39, 0.29) is 28.1 Å². The van der Waals surface area contributed by atoms with Gasteiger partial charge in [0.15, 0.2) is 6.10 Å². The van der Waals surface area contributed by atoms with Crippen molar-refractivity contribution in [2.45, 2.75) is 18.1 Å².